The zero-order chi connectivity index (χ0) is 23.4. The predicted octanol–water partition coefficient (Wildman–Crippen LogP) is 5.60. The number of carbonyl (C=O) groups excluding carboxylic acids is 1. The van der Waals surface area contributed by atoms with Gasteiger partial charge >= 0.3 is 12.1 Å². The molecule has 0 unspecified atom stereocenters. The molecule has 8 heteroatoms. The number of benzene rings is 3. The van der Waals surface area contributed by atoms with Crippen LogP contribution in [0.3, 0.4) is 0 Å². The van der Waals surface area contributed by atoms with E-state index in [9.17, 15) is 22.4 Å². The summed E-state index contributed by atoms with van der Waals surface area (Å²) in [7, 11) is 0. The summed E-state index contributed by atoms with van der Waals surface area (Å²) in [5.41, 5.74) is 0.511. The Hall–Kier alpha value is -3.23. The Labute approximate surface area is 188 Å². The average Bonchev–Trinajstić information content (AvgIpc) is 2.80. The first-order valence-electron chi connectivity index (χ1n) is 10.3. The van der Waals surface area contributed by atoms with Gasteiger partial charge in [0, 0.05) is 13.1 Å². The fourth-order valence-electron chi connectivity index (χ4n) is 3.81. The maximum Gasteiger partial charge on any atom is 0.416 e. The van der Waals surface area contributed by atoms with Crippen LogP contribution in [0, 0.1) is 5.82 Å². The van der Waals surface area contributed by atoms with Crippen molar-refractivity contribution in [2.45, 2.75) is 25.1 Å². The second-order valence-electron chi connectivity index (χ2n) is 7.68. The molecule has 33 heavy (non-hydrogen) atoms. The van der Waals surface area contributed by atoms with Crippen molar-refractivity contribution in [2.75, 3.05) is 13.2 Å². The van der Waals surface area contributed by atoms with Gasteiger partial charge < -0.3 is 9.47 Å². The summed E-state index contributed by atoms with van der Waals surface area (Å²) >= 11 is 0. The third-order valence-corrected chi connectivity index (χ3v) is 5.40. The minimum absolute atomic E-state index is 0.230. The van der Waals surface area contributed by atoms with Crippen molar-refractivity contribution >= 4 is 5.97 Å². The minimum Gasteiger partial charge on any atom is -0.430 e. The lowest BCUT2D eigenvalue weighted by molar-refractivity contribution is -0.186. The first-order valence-corrected chi connectivity index (χ1v) is 10.3. The van der Waals surface area contributed by atoms with Crippen LogP contribution >= 0.6 is 0 Å². The SMILES string of the molecule is O=C(O[C@H]1OCCN(Cc2ccccc2)[C@H]1c1ccc(F)cc1)c1cccc(C(F)(F)F)c1. The molecule has 0 bridgehead atoms. The van der Waals surface area contributed by atoms with Gasteiger partial charge in [-0.25, -0.2) is 9.18 Å². The molecule has 2 atom stereocenters. The second kappa shape index (κ2) is 9.72. The minimum atomic E-state index is -4.58. The molecule has 3 aromatic rings. The third-order valence-electron chi connectivity index (χ3n) is 5.40. The van der Waals surface area contributed by atoms with E-state index in [0.717, 1.165) is 23.8 Å². The van der Waals surface area contributed by atoms with E-state index in [2.05, 4.69) is 0 Å². The zero-order valence-electron chi connectivity index (χ0n) is 17.5. The van der Waals surface area contributed by atoms with Crippen LogP contribution in [0.2, 0.25) is 0 Å². The Morgan fingerprint density at radius 1 is 1.00 bits per heavy atom. The van der Waals surface area contributed by atoms with Crippen LogP contribution in [0.25, 0.3) is 0 Å². The van der Waals surface area contributed by atoms with Crippen molar-refractivity contribution in [3.63, 3.8) is 0 Å². The molecule has 4 rings (SSSR count). The van der Waals surface area contributed by atoms with E-state index in [4.69, 9.17) is 9.47 Å². The summed E-state index contributed by atoms with van der Waals surface area (Å²) in [6, 6.07) is 18.9. The lowest BCUT2D eigenvalue weighted by Crippen LogP contribution is -2.46. The largest absolute Gasteiger partial charge is 0.430 e. The van der Waals surface area contributed by atoms with Crippen LogP contribution in [0.4, 0.5) is 17.6 Å². The van der Waals surface area contributed by atoms with Gasteiger partial charge in [-0.05, 0) is 41.5 Å². The molecule has 0 spiro atoms. The Morgan fingerprint density at radius 3 is 2.42 bits per heavy atom. The van der Waals surface area contributed by atoms with Crippen LogP contribution < -0.4 is 0 Å². The maximum atomic E-state index is 13.5. The third kappa shape index (κ3) is 5.58. The smallest absolute Gasteiger partial charge is 0.416 e. The Bertz CT molecular complexity index is 1090. The van der Waals surface area contributed by atoms with E-state index >= 15 is 0 Å². The first kappa shape index (κ1) is 22.9. The number of hydrogen-bond acceptors (Lipinski definition) is 4. The Balaban J connectivity index is 1.61. The van der Waals surface area contributed by atoms with Gasteiger partial charge in [0.15, 0.2) is 0 Å². The predicted molar refractivity (Wildman–Crippen MR) is 113 cm³/mol. The number of esters is 1. The lowest BCUT2D eigenvalue weighted by Gasteiger charge is -2.40. The number of morpholine rings is 1. The molecule has 3 aromatic carbocycles. The molecule has 172 valence electrons. The Morgan fingerprint density at radius 2 is 1.73 bits per heavy atom. The fraction of sp³-hybridized carbons (Fsp3) is 0.240. The molecule has 0 aliphatic carbocycles. The second-order valence-corrected chi connectivity index (χ2v) is 7.68. The quantitative estimate of drug-likeness (QED) is 0.368. The van der Waals surface area contributed by atoms with Crippen molar-refractivity contribution in [3.8, 4) is 0 Å². The normalized spacial score (nSPS) is 19.3. The van der Waals surface area contributed by atoms with Gasteiger partial charge in [0.1, 0.15) is 5.82 Å². The fourth-order valence-corrected chi connectivity index (χ4v) is 3.81. The number of rotatable bonds is 5. The molecule has 0 aromatic heterocycles. The highest BCUT2D eigenvalue weighted by Crippen LogP contribution is 2.33. The lowest BCUT2D eigenvalue weighted by atomic mass is 10.0. The van der Waals surface area contributed by atoms with Crippen LogP contribution in [0.1, 0.15) is 33.1 Å². The zero-order valence-corrected chi connectivity index (χ0v) is 17.5. The van der Waals surface area contributed by atoms with Crippen molar-refractivity contribution in [1.29, 1.82) is 0 Å². The number of carbonyl (C=O) groups is 1. The molecular formula is C25H21F4NO3. The van der Waals surface area contributed by atoms with Crippen LogP contribution in [0.15, 0.2) is 78.9 Å². The van der Waals surface area contributed by atoms with Crippen molar-refractivity contribution in [3.05, 3.63) is 107 Å². The molecule has 0 radical (unpaired) electrons. The van der Waals surface area contributed by atoms with Crippen LogP contribution in [-0.2, 0) is 22.2 Å². The maximum absolute atomic E-state index is 13.5. The van der Waals surface area contributed by atoms with Crippen LogP contribution in [-0.4, -0.2) is 30.3 Å². The molecule has 0 saturated carbocycles. The van der Waals surface area contributed by atoms with Crippen molar-refractivity contribution < 1.29 is 31.8 Å². The molecule has 1 heterocycles. The van der Waals surface area contributed by atoms with E-state index < -0.39 is 35.9 Å². The molecule has 1 aliphatic rings. The number of halogens is 4. The van der Waals surface area contributed by atoms with Crippen molar-refractivity contribution in [1.82, 2.24) is 4.90 Å². The van der Waals surface area contributed by atoms with Crippen LogP contribution in [0.5, 0.6) is 0 Å². The van der Waals surface area contributed by atoms with Gasteiger partial charge in [0.2, 0.25) is 6.29 Å². The molecule has 0 amide bonds. The molecule has 1 aliphatic heterocycles. The topological polar surface area (TPSA) is 38.8 Å². The average molecular weight is 459 g/mol. The highest BCUT2D eigenvalue weighted by Gasteiger charge is 2.37. The number of nitrogens with zero attached hydrogens (tertiary/aromatic N) is 1. The van der Waals surface area contributed by atoms with E-state index in [1.165, 1.54) is 18.2 Å². The summed E-state index contributed by atoms with van der Waals surface area (Å²) in [5, 5.41) is 0. The molecule has 1 fully saturated rings. The van der Waals surface area contributed by atoms with Gasteiger partial charge in [0.25, 0.3) is 0 Å². The summed E-state index contributed by atoms with van der Waals surface area (Å²) in [6.07, 6.45) is -5.67. The highest BCUT2D eigenvalue weighted by atomic mass is 19.4. The summed E-state index contributed by atoms with van der Waals surface area (Å²) in [5.74, 6) is -1.35. The monoisotopic (exact) mass is 459 g/mol. The van der Waals surface area contributed by atoms with E-state index in [0.29, 0.717) is 18.7 Å². The summed E-state index contributed by atoms with van der Waals surface area (Å²) < 4.78 is 64.0. The summed E-state index contributed by atoms with van der Waals surface area (Å²) in [6.45, 7) is 1.30. The van der Waals surface area contributed by atoms with Gasteiger partial charge in [0.05, 0.1) is 23.8 Å². The number of ether oxygens (including phenoxy) is 2. The van der Waals surface area contributed by atoms with Gasteiger partial charge in [-0.3, -0.25) is 4.90 Å². The standard InChI is InChI=1S/C25H21F4NO3/c26-21-11-9-18(10-12-21)22-24(32-14-13-30(22)16-17-5-2-1-3-6-17)33-23(31)19-7-4-8-20(15-19)25(27,28)29/h1-12,15,22,24H,13-14,16H2/t22-,24+/m0/s1. The first-order chi connectivity index (χ1) is 15.8. The van der Waals surface area contributed by atoms with Gasteiger partial charge in [-0.2, -0.15) is 13.2 Å². The Kier molecular flexibility index (Phi) is 6.76. The van der Waals surface area contributed by atoms with Crippen molar-refractivity contribution in [2.24, 2.45) is 0 Å². The number of hydrogen-bond donors (Lipinski definition) is 0. The summed E-state index contributed by atoms with van der Waals surface area (Å²) in [4.78, 5) is 14.8. The van der Waals surface area contributed by atoms with Gasteiger partial charge in [-0.1, -0.05) is 48.5 Å². The molecular weight excluding hydrogens is 438 g/mol. The number of alkyl halides is 3. The molecule has 4 nitrogen and oxygen atoms in total. The highest BCUT2D eigenvalue weighted by molar-refractivity contribution is 5.89. The molecule has 0 N–H and O–H groups in total. The van der Waals surface area contributed by atoms with E-state index in [1.807, 2.05) is 35.2 Å². The molecule has 1 saturated heterocycles. The van der Waals surface area contributed by atoms with E-state index in [1.54, 1.807) is 12.1 Å². The van der Waals surface area contributed by atoms with E-state index in [-0.39, 0.29) is 12.2 Å². The van der Waals surface area contributed by atoms with Gasteiger partial charge in [-0.15, -0.1) is 0 Å².